The summed E-state index contributed by atoms with van der Waals surface area (Å²) in [5.41, 5.74) is 0.797. The molecule has 1 aliphatic heterocycles. The average molecular weight is 727 g/mol. The molecular weight excluding hydrogens is 703 g/mol. The van der Waals surface area contributed by atoms with Gasteiger partial charge >= 0.3 is 5.97 Å². The van der Waals surface area contributed by atoms with Crippen molar-refractivity contribution >= 4 is 85.3 Å². The predicted molar refractivity (Wildman–Crippen MR) is 135 cm³/mol. The van der Waals surface area contributed by atoms with Crippen molar-refractivity contribution in [3.8, 4) is 0 Å². The van der Waals surface area contributed by atoms with Crippen molar-refractivity contribution in [2.45, 2.75) is 0 Å². The first-order valence-corrected chi connectivity index (χ1v) is 12.2. The van der Waals surface area contributed by atoms with Crippen molar-refractivity contribution in [3.63, 3.8) is 0 Å². The Kier molecular flexibility index (Phi) is 11.2. The summed E-state index contributed by atoms with van der Waals surface area (Å²) in [6.45, 7) is 7.10. The first kappa shape index (κ1) is 24.5. The van der Waals surface area contributed by atoms with Crippen LogP contribution in [0, 0.1) is 10.7 Å². The van der Waals surface area contributed by atoms with Crippen molar-refractivity contribution in [2.75, 3.05) is 64.2 Å². The van der Waals surface area contributed by atoms with Crippen LogP contribution in [0.3, 0.4) is 0 Å². The highest BCUT2D eigenvalue weighted by molar-refractivity contribution is 14.1. The summed E-state index contributed by atoms with van der Waals surface area (Å²) < 4.78 is 2.04. The van der Waals surface area contributed by atoms with Crippen LogP contribution in [0.5, 0.6) is 0 Å². The number of halogens is 3. The van der Waals surface area contributed by atoms with Gasteiger partial charge in [0.2, 0.25) is 5.91 Å². The lowest BCUT2D eigenvalue weighted by molar-refractivity contribution is -0.117. The number of carboxylic acids is 1. The summed E-state index contributed by atoms with van der Waals surface area (Å²) >= 11 is 6.14. The number of hydrogen-bond donors (Lipinski definition) is 5. The van der Waals surface area contributed by atoms with Gasteiger partial charge in [0, 0.05) is 59.5 Å². The summed E-state index contributed by atoms with van der Waals surface area (Å²) in [6, 6.07) is 1.78. The average Bonchev–Trinajstić information content (AvgIpc) is 2.60. The minimum Gasteiger partial charge on any atom is -0.478 e. The second-order valence-corrected chi connectivity index (χ2v) is 9.69. The van der Waals surface area contributed by atoms with Crippen LogP contribution in [0.4, 0.5) is 5.69 Å². The van der Waals surface area contributed by atoms with Crippen molar-refractivity contribution in [1.29, 1.82) is 0 Å². The van der Waals surface area contributed by atoms with Gasteiger partial charge in [-0.1, -0.05) is 0 Å². The van der Waals surface area contributed by atoms with Gasteiger partial charge in [0.25, 0.3) is 0 Å². The van der Waals surface area contributed by atoms with Crippen LogP contribution in [0.1, 0.15) is 10.4 Å². The topological polar surface area (TPSA) is 106 Å². The molecule has 0 aliphatic carbocycles. The van der Waals surface area contributed by atoms with Gasteiger partial charge in [0.05, 0.1) is 21.4 Å². The molecule has 0 unspecified atom stereocenters. The van der Waals surface area contributed by atoms with E-state index in [1.54, 1.807) is 6.07 Å². The number of carboxylic acid groups (broad SMARTS) is 1. The van der Waals surface area contributed by atoms with Crippen molar-refractivity contribution < 1.29 is 14.7 Å². The number of hydrogen-bond acceptors (Lipinski definition) is 6. The molecule has 1 aromatic carbocycles. The Balaban J connectivity index is 2.03. The molecule has 1 aromatic rings. The van der Waals surface area contributed by atoms with E-state index in [2.05, 4.69) is 48.8 Å². The Morgan fingerprint density at radius 3 is 2.04 bits per heavy atom. The third-order valence-corrected chi connectivity index (χ3v) is 6.96. The number of nitrogens with one attached hydrogen (secondary N) is 4. The minimum atomic E-state index is -0.990. The van der Waals surface area contributed by atoms with Gasteiger partial charge in [-0.15, -0.1) is 0 Å². The third-order valence-electron chi connectivity index (χ3n) is 4.18. The normalized spacial score (nSPS) is 17.4. The van der Waals surface area contributed by atoms with Gasteiger partial charge in [-0.3, -0.25) is 9.69 Å². The van der Waals surface area contributed by atoms with E-state index in [1.165, 1.54) is 0 Å². The zero-order valence-electron chi connectivity index (χ0n) is 15.3. The summed E-state index contributed by atoms with van der Waals surface area (Å²) in [7, 11) is 0. The fourth-order valence-electron chi connectivity index (χ4n) is 2.76. The van der Waals surface area contributed by atoms with Crippen LogP contribution >= 0.6 is 67.8 Å². The maximum atomic E-state index is 12.7. The number of rotatable bonds is 4. The van der Waals surface area contributed by atoms with Crippen molar-refractivity contribution in [1.82, 2.24) is 20.9 Å². The lowest BCUT2D eigenvalue weighted by atomic mass is 10.2. The molecule has 0 bridgehead atoms. The number of carbonyl (C=O) groups is 2. The fourth-order valence-corrected chi connectivity index (χ4v) is 6.86. The van der Waals surface area contributed by atoms with E-state index in [9.17, 15) is 14.7 Å². The zero-order chi connectivity index (χ0) is 20.5. The van der Waals surface area contributed by atoms with Gasteiger partial charge < -0.3 is 26.4 Å². The Morgan fingerprint density at radius 1 is 0.964 bits per heavy atom. The molecule has 0 spiro atoms. The van der Waals surface area contributed by atoms with Gasteiger partial charge in [0.1, 0.15) is 0 Å². The summed E-state index contributed by atoms with van der Waals surface area (Å²) in [4.78, 5) is 26.3. The largest absolute Gasteiger partial charge is 0.478 e. The highest BCUT2D eigenvalue weighted by atomic mass is 127. The van der Waals surface area contributed by atoms with E-state index in [-0.39, 0.29) is 18.0 Å². The number of aromatic carboxylic acids is 1. The molecule has 2 rings (SSSR count). The smallest absolute Gasteiger partial charge is 0.337 e. The van der Waals surface area contributed by atoms with E-state index >= 15 is 0 Å². The van der Waals surface area contributed by atoms with E-state index in [0.717, 1.165) is 55.9 Å². The molecule has 1 aliphatic rings. The van der Waals surface area contributed by atoms with E-state index < -0.39 is 5.97 Å². The maximum absolute atomic E-state index is 12.7. The Labute approximate surface area is 205 Å². The van der Waals surface area contributed by atoms with Gasteiger partial charge in [-0.05, 0) is 73.8 Å². The van der Waals surface area contributed by atoms with Crippen LogP contribution in [0.25, 0.3) is 0 Å². The quantitative estimate of drug-likeness (QED) is 0.298. The van der Waals surface area contributed by atoms with E-state index in [4.69, 9.17) is 0 Å². The zero-order valence-corrected chi connectivity index (χ0v) is 21.8. The molecule has 1 heterocycles. The Hall–Kier alpha value is 0.190. The fraction of sp³-hybridized carbons (Fsp3) is 0.529. The Bertz CT molecular complexity index is 693. The van der Waals surface area contributed by atoms with Gasteiger partial charge in [-0.2, -0.15) is 0 Å². The molecule has 156 valence electrons. The molecule has 0 saturated carbocycles. The molecule has 0 atom stereocenters. The number of amides is 1. The molecule has 1 saturated heterocycles. The number of carbonyl (C=O) groups excluding carboxylic acids is 1. The highest BCUT2D eigenvalue weighted by Crippen LogP contribution is 2.31. The molecule has 0 aromatic heterocycles. The number of benzene rings is 1. The number of anilines is 1. The maximum Gasteiger partial charge on any atom is 0.337 e. The van der Waals surface area contributed by atoms with E-state index in [0.29, 0.717) is 12.8 Å². The molecule has 8 nitrogen and oxygen atoms in total. The molecule has 1 fully saturated rings. The lowest BCUT2D eigenvalue weighted by Crippen LogP contribution is -2.44. The third kappa shape index (κ3) is 7.79. The second-order valence-electron chi connectivity index (χ2n) is 6.28. The van der Waals surface area contributed by atoms with E-state index in [1.807, 2.05) is 45.2 Å². The van der Waals surface area contributed by atoms with Crippen molar-refractivity contribution in [3.05, 3.63) is 22.3 Å². The molecule has 11 heteroatoms. The summed E-state index contributed by atoms with van der Waals surface area (Å²) in [5, 5.41) is 22.5. The number of nitrogens with zero attached hydrogens (tertiary/aromatic N) is 1. The lowest BCUT2D eigenvalue weighted by Gasteiger charge is -2.23. The minimum absolute atomic E-state index is 0.137. The molecule has 28 heavy (non-hydrogen) atoms. The second kappa shape index (κ2) is 12.8. The molecule has 0 radical (unpaired) electrons. The molecule has 1 amide bonds. The Morgan fingerprint density at radius 2 is 1.50 bits per heavy atom. The highest BCUT2D eigenvalue weighted by Gasteiger charge is 2.21. The monoisotopic (exact) mass is 727 g/mol. The SMILES string of the molecule is O=C(CN1CCNCCNCCNCC1)Nc1c(I)cc(I)c(C(=O)O)c1I. The first-order valence-electron chi connectivity index (χ1n) is 8.95. The van der Waals surface area contributed by atoms with Crippen LogP contribution < -0.4 is 21.3 Å². The summed E-state index contributed by atoms with van der Waals surface area (Å²) in [5.74, 6) is -1.13. The molecule has 5 N–H and O–H groups in total. The summed E-state index contributed by atoms with van der Waals surface area (Å²) in [6.07, 6.45) is 0. The predicted octanol–water partition coefficient (Wildman–Crippen LogP) is 1.22. The molecular formula is C17H24I3N5O3. The van der Waals surface area contributed by atoms with Crippen LogP contribution in [-0.4, -0.2) is 80.8 Å². The van der Waals surface area contributed by atoms with Gasteiger partial charge in [0.15, 0.2) is 0 Å². The van der Waals surface area contributed by atoms with Crippen molar-refractivity contribution in [2.24, 2.45) is 0 Å². The van der Waals surface area contributed by atoms with Crippen LogP contribution in [0.2, 0.25) is 0 Å². The van der Waals surface area contributed by atoms with Crippen LogP contribution in [-0.2, 0) is 4.79 Å². The standard InChI is InChI=1S/C17H24I3N5O3/c18-11-9-12(19)16(15(20)14(11)17(27)28)24-13(26)10-25-7-5-22-3-1-21-2-4-23-6-8-25/h9,21-23H,1-8,10H2,(H,24,26)(H,27,28). The first-order chi connectivity index (χ1) is 13.4. The van der Waals surface area contributed by atoms with Gasteiger partial charge in [-0.25, -0.2) is 4.79 Å². The van der Waals surface area contributed by atoms with Crippen LogP contribution in [0.15, 0.2) is 6.07 Å².